The van der Waals surface area contributed by atoms with E-state index in [9.17, 15) is 14.0 Å². The predicted molar refractivity (Wildman–Crippen MR) is 89.4 cm³/mol. The number of amides is 2. The Bertz CT molecular complexity index is 698. The molecule has 0 radical (unpaired) electrons. The molecule has 0 aromatic heterocycles. The zero-order valence-electron chi connectivity index (χ0n) is 13.8. The number of para-hydroxylation sites is 1. The lowest BCUT2D eigenvalue weighted by Gasteiger charge is -2.24. The summed E-state index contributed by atoms with van der Waals surface area (Å²) in [5.74, 6) is -1.36. The molecule has 1 fully saturated rings. The molecule has 1 aliphatic heterocycles. The number of rotatable bonds is 6. The fraction of sp³-hybridized carbons (Fsp3) is 0.444. The van der Waals surface area contributed by atoms with Crippen LogP contribution in [0.15, 0.2) is 30.0 Å². The lowest BCUT2D eigenvalue weighted by Crippen LogP contribution is -2.34. The SMILES string of the molecule is O=C1C=C(Nc2c(F)cccc2OC2CCCCC2)C(=O)N1CCO. The second-order valence-corrected chi connectivity index (χ2v) is 6.19. The van der Waals surface area contributed by atoms with E-state index in [4.69, 9.17) is 9.84 Å². The first kappa shape index (κ1) is 17.4. The van der Waals surface area contributed by atoms with Gasteiger partial charge in [0.1, 0.15) is 23.0 Å². The van der Waals surface area contributed by atoms with Gasteiger partial charge in [-0.25, -0.2) is 4.39 Å². The van der Waals surface area contributed by atoms with Crippen LogP contribution in [-0.2, 0) is 9.59 Å². The molecular weight excluding hydrogens is 327 g/mol. The van der Waals surface area contributed by atoms with E-state index in [1.807, 2.05) is 0 Å². The van der Waals surface area contributed by atoms with Crippen LogP contribution in [0.25, 0.3) is 0 Å². The van der Waals surface area contributed by atoms with Crippen LogP contribution in [0.2, 0.25) is 0 Å². The Morgan fingerprint density at radius 2 is 2.00 bits per heavy atom. The van der Waals surface area contributed by atoms with E-state index in [-0.39, 0.29) is 30.6 Å². The minimum atomic E-state index is -0.592. The third kappa shape index (κ3) is 3.82. The molecule has 2 amide bonds. The molecule has 134 valence electrons. The fourth-order valence-electron chi connectivity index (χ4n) is 3.13. The summed E-state index contributed by atoms with van der Waals surface area (Å²) in [6.07, 6.45) is 6.30. The Hall–Kier alpha value is -2.41. The molecule has 0 unspecified atom stereocenters. The fourth-order valence-corrected chi connectivity index (χ4v) is 3.13. The van der Waals surface area contributed by atoms with Gasteiger partial charge in [-0.3, -0.25) is 14.5 Å². The first-order chi connectivity index (χ1) is 12.1. The van der Waals surface area contributed by atoms with Gasteiger partial charge >= 0.3 is 0 Å². The second-order valence-electron chi connectivity index (χ2n) is 6.19. The van der Waals surface area contributed by atoms with Crippen molar-refractivity contribution in [2.45, 2.75) is 38.2 Å². The third-order valence-electron chi connectivity index (χ3n) is 4.41. The standard InChI is InChI=1S/C18H21FN2O4/c19-13-7-4-8-15(25-12-5-2-1-3-6-12)17(13)20-14-11-16(23)21(9-10-22)18(14)24/h4,7-8,11-12,20,22H,1-3,5-6,9-10H2. The average molecular weight is 348 g/mol. The number of anilines is 1. The number of β-amino-alcohol motifs (C(OH)–C–C–N with tert-alkyl or cyclic N) is 1. The molecule has 25 heavy (non-hydrogen) atoms. The molecule has 6 nitrogen and oxygen atoms in total. The quantitative estimate of drug-likeness (QED) is 0.771. The molecule has 1 aromatic rings. The number of nitrogens with zero attached hydrogens (tertiary/aromatic N) is 1. The van der Waals surface area contributed by atoms with Crippen molar-refractivity contribution in [3.63, 3.8) is 0 Å². The maximum absolute atomic E-state index is 14.3. The minimum Gasteiger partial charge on any atom is -0.488 e. The van der Waals surface area contributed by atoms with Crippen molar-refractivity contribution in [3.05, 3.63) is 35.8 Å². The molecule has 1 aromatic carbocycles. The number of ether oxygens (including phenoxy) is 1. The van der Waals surface area contributed by atoms with Gasteiger partial charge in [-0.2, -0.15) is 0 Å². The number of benzene rings is 1. The van der Waals surface area contributed by atoms with Crippen LogP contribution in [-0.4, -0.2) is 41.1 Å². The van der Waals surface area contributed by atoms with Crippen LogP contribution < -0.4 is 10.1 Å². The van der Waals surface area contributed by atoms with E-state index in [2.05, 4.69) is 5.32 Å². The van der Waals surface area contributed by atoms with Gasteiger partial charge in [-0.15, -0.1) is 0 Å². The lowest BCUT2D eigenvalue weighted by atomic mass is 9.98. The number of hydrogen-bond acceptors (Lipinski definition) is 5. The summed E-state index contributed by atoms with van der Waals surface area (Å²) < 4.78 is 20.2. The van der Waals surface area contributed by atoms with E-state index < -0.39 is 17.6 Å². The summed E-state index contributed by atoms with van der Waals surface area (Å²) in [5, 5.41) is 11.6. The van der Waals surface area contributed by atoms with Crippen molar-refractivity contribution >= 4 is 17.5 Å². The maximum atomic E-state index is 14.3. The summed E-state index contributed by atoms with van der Waals surface area (Å²) in [5.41, 5.74) is 0.0170. The number of carbonyl (C=O) groups excluding carboxylic acids is 2. The zero-order valence-corrected chi connectivity index (χ0v) is 13.8. The van der Waals surface area contributed by atoms with Crippen LogP contribution in [0.1, 0.15) is 32.1 Å². The van der Waals surface area contributed by atoms with Crippen LogP contribution in [0.3, 0.4) is 0 Å². The highest BCUT2D eigenvalue weighted by molar-refractivity contribution is 6.17. The van der Waals surface area contributed by atoms with Crippen LogP contribution in [0.4, 0.5) is 10.1 Å². The number of imide groups is 1. The molecule has 1 heterocycles. The monoisotopic (exact) mass is 348 g/mol. The van der Waals surface area contributed by atoms with E-state index in [1.165, 1.54) is 12.5 Å². The molecule has 0 saturated heterocycles. The van der Waals surface area contributed by atoms with Gasteiger partial charge in [0.2, 0.25) is 0 Å². The number of hydrogen-bond donors (Lipinski definition) is 2. The van der Waals surface area contributed by atoms with Crippen molar-refractivity contribution in [2.75, 3.05) is 18.5 Å². The first-order valence-electron chi connectivity index (χ1n) is 8.50. The van der Waals surface area contributed by atoms with Crippen molar-refractivity contribution < 1.29 is 23.8 Å². The number of halogens is 1. The summed E-state index contributed by atoms with van der Waals surface area (Å²) >= 11 is 0. The molecule has 1 aliphatic carbocycles. The summed E-state index contributed by atoms with van der Waals surface area (Å²) in [7, 11) is 0. The average Bonchev–Trinajstić information content (AvgIpc) is 2.87. The van der Waals surface area contributed by atoms with Gasteiger partial charge in [0, 0.05) is 6.08 Å². The van der Waals surface area contributed by atoms with Gasteiger partial charge in [0.05, 0.1) is 19.3 Å². The van der Waals surface area contributed by atoms with Gasteiger partial charge in [-0.05, 0) is 37.8 Å². The number of nitrogens with one attached hydrogen (secondary N) is 1. The summed E-state index contributed by atoms with van der Waals surface area (Å²) in [6.45, 7) is -0.420. The molecule has 0 bridgehead atoms. The van der Waals surface area contributed by atoms with E-state index in [0.717, 1.165) is 36.7 Å². The zero-order chi connectivity index (χ0) is 17.8. The normalized spacial score (nSPS) is 18.5. The first-order valence-corrected chi connectivity index (χ1v) is 8.50. The number of aliphatic hydroxyl groups excluding tert-OH is 1. The molecule has 0 spiro atoms. The third-order valence-corrected chi connectivity index (χ3v) is 4.41. The summed E-state index contributed by atoms with van der Waals surface area (Å²) in [4.78, 5) is 24.9. The molecule has 2 N–H and O–H groups in total. The molecular formula is C18H21FN2O4. The highest BCUT2D eigenvalue weighted by Crippen LogP contribution is 2.33. The van der Waals surface area contributed by atoms with Crippen LogP contribution >= 0.6 is 0 Å². The van der Waals surface area contributed by atoms with E-state index in [0.29, 0.717) is 5.75 Å². The van der Waals surface area contributed by atoms with Crippen molar-refractivity contribution in [2.24, 2.45) is 0 Å². The Morgan fingerprint density at radius 1 is 1.24 bits per heavy atom. The van der Waals surface area contributed by atoms with Crippen molar-refractivity contribution in [1.82, 2.24) is 4.90 Å². The largest absolute Gasteiger partial charge is 0.488 e. The van der Waals surface area contributed by atoms with Crippen molar-refractivity contribution in [1.29, 1.82) is 0 Å². The van der Waals surface area contributed by atoms with Gasteiger partial charge in [0.25, 0.3) is 11.8 Å². The number of aliphatic hydroxyl groups is 1. The smallest absolute Gasteiger partial charge is 0.277 e. The Balaban J connectivity index is 1.79. The van der Waals surface area contributed by atoms with Crippen LogP contribution in [0, 0.1) is 5.82 Å². The second kappa shape index (κ2) is 7.65. The summed E-state index contributed by atoms with van der Waals surface area (Å²) in [6, 6.07) is 4.46. The van der Waals surface area contributed by atoms with Gasteiger partial charge < -0.3 is 15.2 Å². The predicted octanol–water partition coefficient (Wildman–Crippen LogP) is 2.19. The molecule has 0 atom stereocenters. The van der Waals surface area contributed by atoms with E-state index in [1.54, 1.807) is 12.1 Å². The Kier molecular flexibility index (Phi) is 5.33. The lowest BCUT2D eigenvalue weighted by molar-refractivity contribution is -0.137. The van der Waals surface area contributed by atoms with E-state index >= 15 is 0 Å². The van der Waals surface area contributed by atoms with Gasteiger partial charge in [-0.1, -0.05) is 12.5 Å². The van der Waals surface area contributed by atoms with Gasteiger partial charge in [0.15, 0.2) is 0 Å². The Labute approximate surface area is 145 Å². The Morgan fingerprint density at radius 3 is 2.72 bits per heavy atom. The highest BCUT2D eigenvalue weighted by atomic mass is 19.1. The highest BCUT2D eigenvalue weighted by Gasteiger charge is 2.31. The molecule has 1 saturated carbocycles. The molecule has 2 aliphatic rings. The van der Waals surface area contributed by atoms with Crippen molar-refractivity contribution in [3.8, 4) is 5.75 Å². The molecule has 3 rings (SSSR count). The topological polar surface area (TPSA) is 78.9 Å². The molecule has 7 heteroatoms. The maximum Gasteiger partial charge on any atom is 0.277 e. The minimum absolute atomic E-state index is 0.0249. The van der Waals surface area contributed by atoms with Crippen LogP contribution in [0.5, 0.6) is 5.75 Å². The number of carbonyl (C=O) groups is 2.